The van der Waals surface area contributed by atoms with Crippen LogP contribution in [0.2, 0.25) is 0 Å². The highest BCUT2D eigenvalue weighted by Crippen LogP contribution is 2.36. The largest absolute Gasteiger partial charge is 0.459 e. The van der Waals surface area contributed by atoms with Gasteiger partial charge in [-0.2, -0.15) is 0 Å². The van der Waals surface area contributed by atoms with Crippen molar-refractivity contribution in [1.82, 2.24) is 5.32 Å². The second-order valence-electron chi connectivity index (χ2n) is 5.79. The molecule has 1 aliphatic rings. The summed E-state index contributed by atoms with van der Waals surface area (Å²) in [7, 11) is 0. The molecule has 1 aromatic carbocycles. The maximum Gasteiger partial charge on any atom is 0.287 e. The molecule has 1 N–H and O–H groups in total. The second-order valence-corrected chi connectivity index (χ2v) is 6.77. The van der Waals surface area contributed by atoms with Crippen LogP contribution in [0, 0.1) is 0 Å². The molecule has 0 radical (unpaired) electrons. The van der Waals surface area contributed by atoms with E-state index in [0.717, 1.165) is 13.0 Å². The van der Waals surface area contributed by atoms with Gasteiger partial charge in [-0.1, -0.05) is 24.3 Å². The first-order chi connectivity index (χ1) is 11.8. The molecule has 122 valence electrons. The van der Waals surface area contributed by atoms with Crippen molar-refractivity contribution in [2.45, 2.75) is 12.5 Å². The molecule has 0 spiro atoms. The van der Waals surface area contributed by atoms with Crippen LogP contribution in [0.5, 0.6) is 0 Å². The first kappa shape index (κ1) is 15.0. The van der Waals surface area contributed by atoms with E-state index in [1.54, 1.807) is 23.5 Å². The maximum absolute atomic E-state index is 12.2. The molecule has 3 aromatic rings. The third kappa shape index (κ3) is 2.83. The summed E-state index contributed by atoms with van der Waals surface area (Å²) in [4.78, 5) is 15.9. The van der Waals surface area contributed by atoms with Crippen LogP contribution < -0.4 is 10.2 Å². The van der Waals surface area contributed by atoms with Gasteiger partial charge in [0, 0.05) is 23.7 Å². The Bertz CT molecular complexity index is 812. The van der Waals surface area contributed by atoms with Crippen molar-refractivity contribution < 1.29 is 9.21 Å². The summed E-state index contributed by atoms with van der Waals surface area (Å²) in [5, 5.41) is 5.10. The van der Waals surface area contributed by atoms with Crippen LogP contribution in [0.3, 0.4) is 0 Å². The molecule has 4 rings (SSSR count). The van der Waals surface area contributed by atoms with Crippen LogP contribution in [0.4, 0.5) is 5.69 Å². The summed E-state index contributed by atoms with van der Waals surface area (Å²) in [5.74, 6) is 0.177. The number of furan rings is 1. The average Bonchev–Trinajstić information content (AvgIpc) is 3.37. The summed E-state index contributed by atoms with van der Waals surface area (Å²) in [6, 6.07) is 16.2. The summed E-state index contributed by atoms with van der Waals surface area (Å²) in [6.07, 6.45) is 2.56. The van der Waals surface area contributed by atoms with Crippen molar-refractivity contribution in [3.8, 4) is 0 Å². The van der Waals surface area contributed by atoms with Gasteiger partial charge in [0.1, 0.15) is 0 Å². The summed E-state index contributed by atoms with van der Waals surface area (Å²) in [5.41, 5.74) is 2.64. The van der Waals surface area contributed by atoms with Crippen LogP contribution >= 0.6 is 11.3 Å². The number of hydrogen-bond donors (Lipinski definition) is 1. The molecule has 0 saturated heterocycles. The predicted octanol–water partition coefficient (Wildman–Crippen LogP) is 3.87. The smallest absolute Gasteiger partial charge is 0.287 e. The van der Waals surface area contributed by atoms with Crippen LogP contribution in [0.15, 0.2) is 64.6 Å². The number of nitrogens with zero attached hydrogens (tertiary/aromatic N) is 1. The number of hydrogen-bond acceptors (Lipinski definition) is 4. The molecule has 1 amide bonds. The van der Waals surface area contributed by atoms with E-state index < -0.39 is 0 Å². The van der Waals surface area contributed by atoms with E-state index in [2.05, 4.69) is 52.0 Å². The summed E-state index contributed by atoms with van der Waals surface area (Å²) < 4.78 is 5.18. The van der Waals surface area contributed by atoms with E-state index >= 15 is 0 Å². The summed E-state index contributed by atoms with van der Waals surface area (Å²) in [6.45, 7) is 1.52. The van der Waals surface area contributed by atoms with Gasteiger partial charge in [0.05, 0.1) is 12.3 Å². The Balaban J connectivity index is 1.56. The van der Waals surface area contributed by atoms with E-state index in [4.69, 9.17) is 4.42 Å². The normalized spacial score (nSPS) is 14.4. The molecule has 4 nitrogen and oxygen atoms in total. The molecule has 0 unspecified atom stereocenters. The van der Waals surface area contributed by atoms with E-state index in [9.17, 15) is 4.79 Å². The third-order valence-corrected chi connectivity index (χ3v) is 5.35. The predicted molar refractivity (Wildman–Crippen MR) is 95.6 cm³/mol. The molecule has 5 heteroatoms. The van der Waals surface area contributed by atoms with Crippen molar-refractivity contribution >= 4 is 22.9 Å². The van der Waals surface area contributed by atoms with Crippen molar-refractivity contribution in [3.63, 3.8) is 0 Å². The zero-order valence-corrected chi connectivity index (χ0v) is 14.0. The zero-order chi connectivity index (χ0) is 16.4. The van der Waals surface area contributed by atoms with E-state index in [0.29, 0.717) is 12.3 Å². The number of fused-ring (bicyclic) bond motifs is 1. The minimum absolute atomic E-state index is 0.132. The lowest BCUT2D eigenvalue weighted by molar-refractivity contribution is 0.0923. The Kier molecular flexibility index (Phi) is 4.09. The molecule has 24 heavy (non-hydrogen) atoms. The number of amides is 1. The number of thiophene rings is 1. The van der Waals surface area contributed by atoms with Gasteiger partial charge in [-0.05, 0) is 41.6 Å². The topological polar surface area (TPSA) is 45.5 Å². The van der Waals surface area contributed by atoms with Gasteiger partial charge < -0.3 is 14.6 Å². The molecule has 0 bridgehead atoms. The molecular weight excluding hydrogens is 320 g/mol. The summed E-state index contributed by atoms with van der Waals surface area (Å²) >= 11 is 1.73. The molecule has 0 fully saturated rings. The van der Waals surface area contributed by atoms with E-state index in [1.165, 1.54) is 22.4 Å². The fourth-order valence-electron chi connectivity index (χ4n) is 3.22. The molecule has 0 aliphatic carbocycles. The van der Waals surface area contributed by atoms with Crippen LogP contribution in [-0.2, 0) is 6.42 Å². The Morgan fingerprint density at radius 1 is 1.21 bits per heavy atom. The zero-order valence-electron chi connectivity index (χ0n) is 13.1. The van der Waals surface area contributed by atoms with Gasteiger partial charge in [-0.15, -0.1) is 11.3 Å². The van der Waals surface area contributed by atoms with Crippen molar-refractivity contribution in [2.24, 2.45) is 0 Å². The minimum atomic E-state index is -0.172. The maximum atomic E-state index is 12.2. The Hall–Kier alpha value is -2.53. The quantitative estimate of drug-likeness (QED) is 0.768. The number of carbonyl (C=O) groups excluding carboxylic acids is 1. The monoisotopic (exact) mass is 338 g/mol. The van der Waals surface area contributed by atoms with Gasteiger partial charge in [-0.3, -0.25) is 4.79 Å². The third-order valence-electron chi connectivity index (χ3n) is 4.37. The lowest BCUT2D eigenvalue weighted by atomic mass is 10.1. The molecule has 1 aliphatic heterocycles. The van der Waals surface area contributed by atoms with Gasteiger partial charge >= 0.3 is 0 Å². The van der Waals surface area contributed by atoms with E-state index in [1.807, 2.05) is 0 Å². The first-order valence-electron chi connectivity index (χ1n) is 8.02. The molecule has 2 aromatic heterocycles. The fourth-order valence-corrected chi connectivity index (χ4v) is 4.06. The van der Waals surface area contributed by atoms with Gasteiger partial charge in [0.15, 0.2) is 5.76 Å². The molecular formula is C19H18N2O2S. The lowest BCUT2D eigenvalue weighted by Crippen LogP contribution is -2.37. The van der Waals surface area contributed by atoms with Crippen molar-refractivity contribution in [3.05, 3.63) is 76.4 Å². The number of para-hydroxylation sites is 1. The van der Waals surface area contributed by atoms with E-state index in [-0.39, 0.29) is 11.9 Å². The number of anilines is 1. The van der Waals surface area contributed by atoms with Gasteiger partial charge in [-0.25, -0.2) is 0 Å². The number of carbonyl (C=O) groups is 1. The first-order valence-corrected chi connectivity index (χ1v) is 8.90. The standard InChI is InChI=1S/C19H18N2O2S/c22-19(17-7-3-11-23-17)20-13-16(18-8-4-12-24-18)21-10-9-14-5-1-2-6-15(14)21/h1-8,11-12,16H,9-10,13H2,(H,20,22)/t16-/m1/s1. The number of rotatable bonds is 5. The second kappa shape index (κ2) is 6.53. The van der Waals surface area contributed by atoms with Crippen LogP contribution in [-0.4, -0.2) is 19.0 Å². The number of nitrogens with one attached hydrogen (secondary N) is 1. The Labute approximate surface area is 144 Å². The molecule has 1 atom stereocenters. The van der Waals surface area contributed by atoms with Crippen LogP contribution in [0.1, 0.15) is 27.0 Å². The van der Waals surface area contributed by atoms with Gasteiger partial charge in [0.25, 0.3) is 5.91 Å². The lowest BCUT2D eigenvalue weighted by Gasteiger charge is -2.30. The Morgan fingerprint density at radius 3 is 2.92 bits per heavy atom. The van der Waals surface area contributed by atoms with Gasteiger partial charge in [0.2, 0.25) is 0 Å². The highest BCUT2D eigenvalue weighted by Gasteiger charge is 2.28. The average molecular weight is 338 g/mol. The Morgan fingerprint density at radius 2 is 2.12 bits per heavy atom. The fraction of sp³-hybridized carbons (Fsp3) is 0.211. The highest BCUT2D eigenvalue weighted by atomic mass is 32.1. The molecule has 3 heterocycles. The highest BCUT2D eigenvalue weighted by molar-refractivity contribution is 7.10. The molecule has 0 saturated carbocycles. The van der Waals surface area contributed by atoms with Crippen LogP contribution in [0.25, 0.3) is 0 Å². The SMILES string of the molecule is O=C(NC[C@H](c1cccs1)N1CCc2ccccc21)c1ccco1. The minimum Gasteiger partial charge on any atom is -0.459 e. The number of benzene rings is 1. The van der Waals surface area contributed by atoms with Crippen molar-refractivity contribution in [2.75, 3.05) is 18.0 Å². The van der Waals surface area contributed by atoms with Crippen molar-refractivity contribution in [1.29, 1.82) is 0 Å².